The second kappa shape index (κ2) is 7.51. The molecule has 4 rings (SSSR count). The third kappa shape index (κ3) is 3.46. The summed E-state index contributed by atoms with van der Waals surface area (Å²) in [4.78, 5) is 15.8. The first-order valence-corrected chi connectivity index (χ1v) is 9.35. The minimum Gasteiger partial charge on any atom is -0.486 e. The van der Waals surface area contributed by atoms with Crippen LogP contribution in [0.1, 0.15) is 32.1 Å². The average Bonchev–Trinajstić information content (AvgIpc) is 3.18. The number of tetrazole rings is 1. The predicted molar refractivity (Wildman–Crippen MR) is 97.0 cm³/mol. The quantitative estimate of drug-likeness (QED) is 0.793. The van der Waals surface area contributed by atoms with Crippen LogP contribution in [0.5, 0.6) is 11.5 Å². The fourth-order valence-electron chi connectivity index (χ4n) is 3.70. The highest BCUT2D eigenvalue weighted by Crippen LogP contribution is 2.33. The second-order valence-corrected chi connectivity index (χ2v) is 6.74. The lowest BCUT2D eigenvalue weighted by Crippen LogP contribution is -2.49. The molecule has 1 aromatic carbocycles. The summed E-state index contributed by atoms with van der Waals surface area (Å²) in [5.74, 6) is 2.38. The fourth-order valence-corrected chi connectivity index (χ4v) is 3.70. The van der Waals surface area contributed by atoms with E-state index >= 15 is 0 Å². The van der Waals surface area contributed by atoms with Crippen LogP contribution in [0, 0.1) is 0 Å². The van der Waals surface area contributed by atoms with E-state index in [1.54, 1.807) is 11.6 Å². The molecule has 0 bridgehead atoms. The lowest BCUT2D eigenvalue weighted by atomic mass is 10.1. The van der Waals surface area contributed by atoms with E-state index < -0.39 is 0 Å². The van der Waals surface area contributed by atoms with Crippen molar-refractivity contribution < 1.29 is 14.3 Å². The zero-order chi connectivity index (χ0) is 18.8. The van der Waals surface area contributed by atoms with Crippen LogP contribution in [-0.2, 0) is 4.79 Å². The Morgan fingerprint density at radius 2 is 1.89 bits per heavy atom. The summed E-state index contributed by atoms with van der Waals surface area (Å²) in [7, 11) is 0. The third-order valence-electron chi connectivity index (χ3n) is 5.15. The lowest BCUT2D eigenvalue weighted by Gasteiger charge is -2.38. The smallest absolute Gasteiger partial charge is 0.219 e. The van der Waals surface area contributed by atoms with Gasteiger partial charge in [-0.1, -0.05) is 6.92 Å². The van der Waals surface area contributed by atoms with Crippen LogP contribution in [0.2, 0.25) is 0 Å². The van der Waals surface area contributed by atoms with Crippen molar-refractivity contribution in [3.63, 3.8) is 0 Å². The maximum absolute atomic E-state index is 11.6. The number of fused-ring (bicyclic) bond motifs is 1. The van der Waals surface area contributed by atoms with Gasteiger partial charge in [0, 0.05) is 39.2 Å². The van der Waals surface area contributed by atoms with E-state index in [-0.39, 0.29) is 11.9 Å². The summed E-state index contributed by atoms with van der Waals surface area (Å²) in [5.41, 5.74) is 0.847. The molecule has 0 radical (unpaired) electrons. The molecule has 2 aromatic rings. The number of hydrogen-bond donors (Lipinski definition) is 0. The predicted octanol–water partition coefficient (Wildman–Crippen LogP) is 1.05. The number of ether oxygens (including phenoxy) is 2. The summed E-state index contributed by atoms with van der Waals surface area (Å²) < 4.78 is 13.0. The molecule has 1 unspecified atom stereocenters. The van der Waals surface area contributed by atoms with Gasteiger partial charge in [-0.25, -0.2) is 0 Å². The maximum Gasteiger partial charge on any atom is 0.219 e. The Morgan fingerprint density at radius 1 is 1.15 bits per heavy atom. The molecule has 1 atom stereocenters. The van der Waals surface area contributed by atoms with Gasteiger partial charge >= 0.3 is 0 Å². The van der Waals surface area contributed by atoms with Crippen LogP contribution in [-0.4, -0.2) is 75.3 Å². The Hall–Kier alpha value is -2.68. The number of carbonyl (C=O) groups is 1. The SMILES string of the molecule is CCC(c1nnnn1-c1ccc2c(c1)OCCO2)N1CCN(C(C)=O)CC1. The average molecular weight is 372 g/mol. The van der Waals surface area contributed by atoms with Gasteiger partial charge in [-0.15, -0.1) is 5.10 Å². The normalized spacial score (nSPS) is 18.4. The highest BCUT2D eigenvalue weighted by Gasteiger charge is 2.29. The van der Waals surface area contributed by atoms with Gasteiger partial charge in [0.25, 0.3) is 0 Å². The first-order chi connectivity index (χ1) is 13.2. The van der Waals surface area contributed by atoms with Gasteiger partial charge in [0.15, 0.2) is 17.3 Å². The number of rotatable bonds is 4. The standard InChI is InChI=1S/C18H24N6O3/c1-3-15(23-8-6-22(7-9-23)13(2)25)18-19-20-21-24(18)14-4-5-16-17(12-14)27-11-10-26-16/h4-5,12,15H,3,6-11H2,1-2H3. The van der Waals surface area contributed by atoms with Crippen molar-refractivity contribution in [2.24, 2.45) is 0 Å². The van der Waals surface area contributed by atoms with E-state index in [9.17, 15) is 4.79 Å². The molecule has 9 nitrogen and oxygen atoms in total. The number of hydrogen-bond acceptors (Lipinski definition) is 7. The van der Waals surface area contributed by atoms with Crippen LogP contribution in [0.15, 0.2) is 18.2 Å². The van der Waals surface area contributed by atoms with Gasteiger partial charge < -0.3 is 14.4 Å². The van der Waals surface area contributed by atoms with Gasteiger partial charge in [-0.3, -0.25) is 9.69 Å². The highest BCUT2D eigenvalue weighted by molar-refractivity contribution is 5.73. The van der Waals surface area contributed by atoms with Crippen LogP contribution in [0.4, 0.5) is 0 Å². The zero-order valence-corrected chi connectivity index (χ0v) is 15.7. The van der Waals surface area contributed by atoms with Crippen molar-refractivity contribution in [1.29, 1.82) is 0 Å². The Morgan fingerprint density at radius 3 is 2.59 bits per heavy atom. The number of carbonyl (C=O) groups excluding carboxylic acids is 1. The highest BCUT2D eigenvalue weighted by atomic mass is 16.6. The summed E-state index contributed by atoms with van der Waals surface area (Å²) in [5, 5.41) is 12.4. The molecule has 0 spiro atoms. The molecule has 1 fully saturated rings. The monoisotopic (exact) mass is 372 g/mol. The zero-order valence-electron chi connectivity index (χ0n) is 15.7. The summed E-state index contributed by atoms with van der Waals surface area (Å²) in [6.07, 6.45) is 0.880. The van der Waals surface area contributed by atoms with Gasteiger partial charge in [0.05, 0.1) is 11.7 Å². The Bertz CT molecular complexity index is 815. The molecule has 0 aliphatic carbocycles. The van der Waals surface area contributed by atoms with Crippen molar-refractivity contribution in [1.82, 2.24) is 30.0 Å². The summed E-state index contributed by atoms with van der Waals surface area (Å²) >= 11 is 0. The van der Waals surface area contributed by atoms with E-state index in [0.29, 0.717) is 19.0 Å². The number of piperazine rings is 1. The molecular weight excluding hydrogens is 348 g/mol. The minimum absolute atomic E-state index is 0.0855. The topological polar surface area (TPSA) is 85.6 Å². The molecule has 0 N–H and O–H groups in total. The molecule has 144 valence electrons. The molecule has 1 saturated heterocycles. The number of aromatic nitrogens is 4. The van der Waals surface area contributed by atoms with E-state index in [4.69, 9.17) is 9.47 Å². The molecule has 0 saturated carbocycles. The van der Waals surface area contributed by atoms with Crippen molar-refractivity contribution in [2.45, 2.75) is 26.3 Å². The van der Waals surface area contributed by atoms with E-state index in [1.807, 2.05) is 23.1 Å². The number of benzene rings is 1. The Balaban J connectivity index is 1.58. The molecule has 1 aromatic heterocycles. The summed E-state index contributed by atoms with van der Waals surface area (Å²) in [6, 6.07) is 5.83. The fraction of sp³-hybridized carbons (Fsp3) is 0.556. The van der Waals surface area contributed by atoms with Gasteiger partial charge in [0.2, 0.25) is 5.91 Å². The van der Waals surface area contributed by atoms with Crippen LogP contribution in [0.3, 0.4) is 0 Å². The van der Waals surface area contributed by atoms with Gasteiger partial charge in [0.1, 0.15) is 13.2 Å². The summed E-state index contributed by atoms with van der Waals surface area (Å²) in [6.45, 7) is 7.94. The molecule has 9 heteroatoms. The largest absolute Gasteiger partial charge is 0.486 e. The van der Waals surface area contributed by atoms with Crippen LogP contribution in [0.25, 0.3) is 5.69 Å². The molecule has 3 heterocycles. The van der Waals surface area contributed by atoms with Gasteiger partial charge in [-0.2, -0.15) is 4.68 Å². The second-order valence-electron chi connectivity index (χ2n) is 6.74. The first-order valence-electron chi connectivity index (χ1n) is 9.35. The van der Waals surface area contributed by atoms with E-state index in [2.05, 4.69) is 27.3 Å². The van der Waals surface area contributed by atoms with E-state index in [1.165, 1.54) is 0 Å². The molecule has 27 heavy (non-hydrogen) atoms. The minimum atomic E-state index is 0.0855. The van der Waals surface area contributed by atoms with Crippen molar-refractivity contribution in [3.05, 3.63) is 24.0 Å². The van der Waals surface area contributed by atoms with E-state index in [0.717, 1.165) is 49.9 Å². The molecular formula is C18H24N6O3. The molecule has 1 amide bonds. The first kappa shape index (κ1) is 17.7. The van der Waals surface area contributed by atoms with Crippen LogP contribution >= 0.6 is 0 Å². The molecule has 2 aliphatic heterocycles. The molecule has 2 aliphatic rings. The Labute approximate surface area is 157 Å². The third-order valence-corrected chi connectivity index (χ3v) is 5.15. The van der Waals surface area contributed by atoms with Crippen LogP contribution < -0.4 is 9.47 Å². The van der Waals surface area contributed by atoms with Gasteiger partial charge in [-0.05, 0) is 29.0 Å². The Kier molecular flexibility index (Phi) is 4.93. The number of nitrogens with zero attached hydrogens (tertiary/aromatic N) is 6. The van der Waals surface area contributed by atoms with Crippen molar-refractivity contribution >= 4 is 5.91 Å². The van der Waals surface area contributed by atoms with Crippen molar-refractivity contribution in [2.75, 3.05) is 39.4 Å². The maximum atomic E-state index is 11.6. The lowest BCUT2D eigenvalue weighted by molar-refractivity contribution is -0.130. The van der Waals surface area contributed by atoms with Crippen molar-refractivity contribution in [3.8, 4) is 17.2 Å². The number of amides is 1.